The minimum Gasteiger partial charge on any atom is -0.294 e. The van der Waals surface area contributed by atoms with E-state index in [0.29, 0.717) is 11.4 Å². The first kappa shape index (κ1) is 15.8. The number of Topliss-reactive ketones (excluding diaryl/α,β-unsaturated/α-hetero) is 1. The van der Waals surface area contributed by atoms with E-state index in [9.17, 15) is 4.79 Å². The van der Waals surface area contributed by atoms with Crippen molar-refractivity contribution in [3.63, 3.8) is 0 Å². The summed E-state index contributed by atoms with van der Waals surface area (Å²) in [6, 6.07) is 7.79. The number of aryl methyl sites for hydroxylation is 3. The van der Waals surface area contributed by atoms with E-state index in [1.807, 2.05) is 42.8 Å². The molecule has 0 radical (unpaired) electrons. The lowest BCUT2D eigenvalue weighted by atomic mass is 10.0. The van der Waals surface area contributed by atoms with Crippen LogP contribution in [-0.4, -0.2) is 15.6 Å². The predicted octanol–water partition coefficient (Wildman–Crippen LogP) is 4.11. The van der Waals surface area contributed by atoms with Crippen molar-refractivity contribution in [3.05, 3.63) is 51.8 Å². The molecule has 1 aromatic heterocycles. The molecule has 0 unspecified atom stereocenters. The van der Waals surface area contributed by atoms with Crippen LogP contribution in [0.25, 0.3) is 0 Å². The van der Waals surface area contributed by atoms with E-state index in [0.717, 1.165) is 36.3 Å². The van der Waals surface area contributed by atoms with Crippen molar-refractivity contribution < 1.29 is 4.79 Å². The molecule has 112 valence electrons. The monoisotopic (exact) mass is 304 g/mol. The van der Waals surface area contributed by atoms with Crippen LogP contribution in [0.1, 0.15) is 48.1 Å². The van der Waals surface area contributed by atoms with Gasteiger partial charge in [0.25, 0.3) is 0 Å². The fraction of sp³-hybridized carbons (Fsp3) is 0.412. The zero-order valence-electron chi connectivity index (χ0n) is 12.8. The Morgan fingerprint density at radius 3 is 2.33 bits per heavy atom. The van der Waals surface area contributed by atoms with Crippen LogP contribution >= 0.6 is 11.6 Å². The number of hydrogen-bond donors (Lipinski definition) is 0. The number of carbonyl (C=O) groups is 1. The van der Waals surface area contributed by atoms with Crippen LogP contribution in [0.3, 0.4) is 0 Å². The summed E-state index contributed by atoms with van der Waals surface area (Å²) in [6.45, 7) is 6.84. The highest BCUT2D eigenvalue weighted by molar-refractivity contribution is 6.32. The summed E-state index contributed by atoms with van der Waals surface area (Å²) in [4.78, 5) is 12.4. The minimum absolute atomic E-state index is 0.0804. The first-order chi connectivity index (χ1) is 10.1. The van der Waals surface area contributed by atoms with Gasteiger partial charge in [0.1, 0.15) is 0 Å². The third kappa shape index (κ3) is 3.35. The highest BCUT2D eigenvalue weighted by atomic mass is 35.5. The Kier molecular flexibility index (Phi) is 5.18. The lowest BCUT2D eigenvalue weighted by Gasteiger charge is -2.06. The molecule has 0 atom stereocenters. The lowest BCUT2D eigenvalue weighted by molar-refractivity contribution is 0.0990. The van der Waals surface area contributed by atoms with Crippen LogP contribution < -0.4 is 0 Å². The van der Waals surface area contributed by atoms with E-state index < -0.39 is 0 Å². The second-order valence-electron chi connectivity index (χ2n) is 5.03. The number of rotatable bonds is 6. The van der Waals surface area contributed by atoms with Crippen LogP contribution in [0.2, 0.25) is 5.02 Å². The van der Waals surface area contributed by atoms with E-state index in [-0.39, 0.29) is 5.78 Å². The first-order valence-corrected chi connectivity index (χ1v) is 7.84. The topological polar surface area (TPSA) is 34.9 Å². The van der Waals surface area contributed by atoms with Gasteiger partial charge in [0, 0.05) is 12.1 Å². The number of ketones is 1. The van der Waals surface area contributed by atoms with Crippen LogP contribution in [-0.2, 0) is 25.8 Å². The maximum absolute atomic E-state index is 12.4. The molecule has 1 aromatic carbocycles. The van der Waals surface area contributed by atoms with Crippen molar-refractivity contribution in [2.45, 2.75) is 46.6 Å². The molecule has 2 rings (SSSR count). The summed E-state index contributed by atoms with van der Waals surface area (Å²) in [7, 11) is 0. The van der Waals surface area contributed by atoms with E-state index in [4.69, 9.17) is 11.6 Å². The SMILES string of the molecule is CCc1ccc(C(=O)Cc2c(Cl)c(CC)nn2CC)cc1. The lowest BCUT2D eigenvalue weighted by Crippen LogP contribution is -2.10. The smallest absolute Gasteiger partial charge is 0.168 e. The van der Waals surface area contributed by atoms with E-state index >= 15 is 0 Å². The van der Waals surface area contributed by atoms with E-state index in [1.54, 1.807) is 0 Å². The van der Waals surface area contributed by atoms with Crippen molar-refractivity contribution in [3.8, 4) is 0 Å². The Morgan fingerprint density at radius 1 is 1.14 bits per heavy atom. The summed E-state index contributed by atoms with van der Waals surface area (Å²) in [5.41, 5.74) is 3.64. The van der Waals surface area contributed by atoms with Crippen molar-refractivity contribution >= 4 is 17.4 Å². The number of benzene rings is 1. The largest absolute Gasteiger partial charge is 0.294 e. The fourth-order valence-corrected chi connectivity index (χ4v) is 2.70. The van der Waals surface area contributed by atoms with Crippen molar-refractivity contribution in [1.82, 2.24) is 9.78 Å². The molecule has 0 saturated heterocycles. The average Bonchev–Trinajstić information content (AvgIpc) is 2.83. The van der Waals surface area contributed by atoms with Gasteiger partial charge < -0.3 is 0 Å². The van der Waals surface area contributed by atoms with Gasteiger partial charge in [-0.1, -0.05) is 49.7 Å². The third-order valence-electron chi connectivity index (χ3n) is 3.71. The van der Waals surface area contributed by atoms with Crippen LogP contribution in [0.5, 0.6) is 0 Å². The predicted molar refractivity (Wildman–Crippen MR) is 86.1 cm³/mol. The summed E-state index contributed by atoms with van der Waals surface area (Å²) in [6.07, 6.45) is 2.05. The molecule has 0 spiro atoms. The zero-order chi connectivity index (χ0) is 15.4. The molecule has 0 aliphatic heterocycles. The van der Waals surface area contributed by atoms with Gasteiger partial charge in [0.05, 0.1) is 22.8 Å². The van der Waals surface area contributed by atoms with Crippen LogP contribution in [0.4, 0.5) is 0 Å². The van der Waals surface area contributed by atoms with Crippen LogP contribution in [0.15, 0.2) is 24.3 Å². The van der Waals surface area contributed by atoms with Crippen molar-refractivity contribution in [2.75, 3.05) is 0 Å². The van der Waals surface area contributed by atoms with Gasteiger partial charge in [-0.25, -0.2) is 0 Å². The van der Waals surface area contributed by atoms with Gasteiger partial charge in [-0.3, -0.25) is 9.48 Å². The summed E-state index contributed by atoms with van der Waals surface area (Å²) in [5.74, 6) is 0.0804. The third-order valence-corrected chi connectivity index (χ3v) is 4.14. The maximum Gasteiger partial charge on any atom is 0.168 e. The molecule has 0 amide bonds. The minimum atomic E-state index is 0.0804. The second kappa shape index (κ2) is 6.90. The Hall–Kier alpha value is -1.61. The molecule has 1 heterocycles. The van der Waals surface area contributed by atoms with Crippen molar-refractivity contribution in [2.24, 2.45) is 0 Å². The molecule has 0 saturated carbocycles. The molecule has 3 nitrogen and oxygen atoms in total. The number of aromatic nitrogens is 2. The Labute approximate surface area is 130 Å². The van der Waals surface area contributed by atoms with Gasteiger partial charge in [-0.15, -0.1) is 0 Å². The number of nitrogens with zero attached hydrogens (tertiary/aromatic N) is 2. The van der Waals surface area contributed by atoms with Gasteiger partial charge in [0.15, 0.2) is 5.78 Å². The molecular formula is C17H21ClN2O. The normalized spacial score (nSPS) is 10.9. The fourth-order valence-electron chi connectivity index (χ4n) is 2.37. The van der Waals surface area contributed by atoms with E-state index in [2.05, 4.69) is 12.0 Å². The second-order valence-corrected chi connectivity index (χ2v) is 5.41. The van der Waals surface area contributed by atoms with Gasteiger partial charge in [-0.2, -0.15) is 5.10 Å². The molecule has 4 heteroatoms. The standard InChI is InChI=1S/C17H21ClN2O/c1-4-12-7-9-13(10-8-12)16(21)11-15-17(18)14(5-2)19-20(15)6-3/h7-10H,4-6,11H2,1-3H3. The first-order valence-electron chi connectivity index (χ1n) is 7.46. The molecule has 2 aromatic rings. The molecule has 0 N–H and O–H groups in total. The quantitative estimate of drug-likeness (QED) is 0.753. The number of hydrogen-bond acceptors (Lipinski definition) is 2. The van der Waals surface area contributed by atoms with Gasteiger partial charge >= 0.3 is 0 Å². The highest BCUT2D eigenvalue weighted by Crippen LogP contribution is 2.23. The molecular weight excluding hydrogens is 284 g/mol. The van der Waals surface area contributed by atoms with Gasteiger partial charge in [0.2, 0.25) is 0 Å². The highest BCUT2D eigenvalue weighted by Gasteiger charge is 2.18. The van der Waals surface area contributed by atoms with E-state index in [1.165, 1.54) is 5.56 Å². The zero-order valence-corrected chi connectivity index (χ0v) is 13.6. The Balaban J connectivity index is 2.24. The number of carbonyl (C=O) groups excluding carboxylic acids is 1. The van der Waals surface area contributed by atoms with Crippen molar-refractivity contribution in [1.29, 1.82) is 0 Å². The average molecular weight is 305 g/mol. The summed E-state index contributed by atoms with van der Waals surface area (Å²) in [5, 5.41) is 5.09. The Bertz CT molecular complexity index is 629. The number of halogens is 1. The van der Waals surface area contributed by atoms with Gasteiger partial charge in [-0.05, 0) is 25.3 Å². The maximum atomic E-state index is 12.4. The molecule has 0 fully saturated rings. The summed E-state index contributed by atoms with van der Waals surface area (Å²) < 4.78 is 1.83. The Morgan fingerprint density at radius 2 is 1.81 bits per heavy atom. The molecule has 0 aliphatic rings. The summed E-state index contributed by atoms with van der Waals surface area (Å²) >= 11 is 6.35. The molecule has 0 bridgehead atoms. The van der Waals surface area contributed by atoms with Crippen LogP contribution in [0, 0.1) is 0 Å². The molecule has 0 aliphatic carbocycles. The molecule has 21 heavy (non-hydrogen) atoms.